The fourth-order valence-electron chi connectivity index (χ4n) is 1.24. The molecule has 1 aromatic heterocycles. The van der Waals surface area contributed by atoms with Gasteiger partial charge < -0.3 is 9.30 Å². The third kappa shape index (κ3) is 1.29. The van der Waals surface area contributed by atoms with E-state index in [1.807, 2.05) is 12.5 Å². The average molecular weight is 184 g/mol. The molecule has 0 aliphatic carbocycles. The highest BCUT2D eigenvalue weighted by molar-refractivity contribution is 8.06. The molecule has 12 heavy (non-hydrogen) atoms. The second kappa shape index (κ2) is 2.98. The van der Waals surface area contributed by atoms with Crippen molar-refractivity contribution in [2.75, 3.05) is 12.9 Å². The Balaban J connectivity index is 2.40. The third-order valence-electron chi connectivity index (χ3n) is 1.92. The van der Waals surface area contributed by atoms with Crippen molar-refractivity contribution in [3.8, 4) is 5.69 Å². The quantitative estimate of drug-likeness (QED) is 0.609. The first-order valence-corrected chi connectivity index (χ1v) is 5.75. The van der Waals surface area contributed by atoms with Gasteiger partial charge in [0.1, 0.15) is 17.5 Å². The second-order valence-electron chi connectivity index (χ2n) is 2.87. The number of imidazole rings is 1. The molecule has 66 valence electrons. The summed E-state index contributed by atoms with van der Waals surface area (Å²) in [5, 5.41) is 1.02. The minimum Gasteiger partial charge on any atom is -0.372 e. The van der Waals surface area contributed by atoms with Crippen molar-refractivity contribution in [1.29, 1.82) is 0 Å². The average Bonchev–Trinajstić information content (AvgIpc) is 2.46. The van der Waals surface area contributed by atoms with E-state index >= 15 is 0 Å². The molecule has 0 bridgehead atoms. The summed E-state index contributed by atoms with van der Waals surface area (Å²) < 4.78 is 7.40. The zero-order valence-electron chi connectivity index (χ0n) is 7.03. The lowest BCUT2D eigenvalue weighted by atomic mass is 10.5. The number of aromatic nitrogens is 2. The molecule has 3 nitrogen and oxygen atoms in total. The highest BCUT2D eigenvalue weighted by Crippen LogP contribution is 2.19. The van der Waals surface area contributed by atoms with Crippen molar-refractivity contribution in [3.05, 3.63) is 12.0 Å². The van der Waals surface area contributed by atoms with Crippen LogP contribution in [0.5, 0.6) is 0 Å². The minimum absolute atomic E-state index is 0.562. The standard InChI is InChI=1S/C8H12N2OS/c1-12(2)8-5-10-3-4-11-6-7(10)9-8/h1,5,12H,3-4,6H2,2H3. The van der Waals surface area contributed by atoms with Crippen molar-refractivity contribution in [1.82, 2.24) is 9.55 Å². The summed E-state index contributed by atoms with van der Waals surface area (Å²) in [5.74, 6) is 1.01. The molecule has 0 N–H and O–H groups in total. The molecule has 0 radical (unpaired) electrons. The Bertz CT molecular complexity index is 337. The summed E-state index contributed by atoms with van der Waals surface area (Å²) in [7, 11) is -0.562. The van der Waals surface area contributed by atoms with Crippen LogP contribution in [0.3, 0.4) is 0 Å². The van der Waals surface area contributed by atoms with Crippen LogP contribution in [-0.2, 0) is 17.9 Å². The molecule has 1 atom stereocenters. The molecule has 0 spiro atoms. The summed E-state index contributed by atoms with van der Waals surface area (Å²) in [5.41, 5.74) is 5.77. The van der Waals surface area contributed by atoms with Crippen molar-refractivity contribution >= 4 is 10.3 Å². The number of nitrogens with zero attached hydrogens (tertiary/aromatic N) is 2. The second-order valence-corrected chi connectivity index (χ2v) is 4.55. The van der Waals surface area contributed by atoms with Crippen molar-refractivity contribution in [3.63, 3.8) is 0 Å². The van der Waals surface area contributed by atoms with Crippen molar-refractivity contribution < 1.29 is 4.74 Å². The predicted molar refractivity (Wildman–Crippen MR) is 50.0 cm³/mol. The van der Waals surface area contributed by atoms with Crippen LogP contribution in [0.2, 0.25) is 0 Å². The van der Waals surface area contributed by atoms with E-state index in [1.165, 1.54) is 0 Å². The lowest BCUT2D eigenvalue weighted by Crippen LogP contribution is -2.15. The first-order valence-electron chi connectivity index (χ1n) is 3.89. The van der Waals surface area contributed by atoms with Gasteiger partial charge in [0.25, 0.3) is 0 Å². The maximum absolute atomic E-state index is 5.77. The van der Waals surface area contributed by atoms with Gasteiger partial charge in [-0.2, -0.15) is 10.3 Å². The molecule has 2 rings (SSSR count). The number of fused-ring (bicyclic) bond motifs is 1. The van der Waals surface area contributed by atoms with Crippen LogP contribution in [0.1, 0.15) is 5.82 Å². The molecule has 1 aromatic rings. The molecule has 1 unspecified atom stereocenters. The lowest BCUT2D eigenvalue weighted by molar-refractivity contribution is 0.0816. The van der Waals surface area contributed by atoms with Gasteiger partial charge in [0.15, 0.2) is 0 Å². The fraction of sp³-hybridized carbons (Fsp3) is 0.500. The van der Waals surface area contributed by atoms with Crippen LogP contribution in [0.15, 0.2) is 11.2 Å². The summed E-state index contributed by atoms with van der Waals surface area (Å²) in [6.07, 6.45) is 4.05. The number of hydrogen-bond acceptors (Lipinski definition) is 2. The van der Waals surface area contributed by atoms with Gasteiger partial charge in [-0.15, -0.1) is 5.69 Å². The Morgan fingerprint density at radius 3 is 3.25 bits per heavy atom. The summed E-state index contributed by atoms with van der Waals surface area (Å²) in [4.78, 5) is 4.39. The monoisotopic (exact) mass is 184 g/mol. The van der Waals surface area contributed by atoms with E-state index in [1.54, 1.807) is 0 Å². The van der Waals surface area contributed by atoms with E-state index in [-0.39, 0.29) is 0 Å². The molecule has 1 aliphatic rings. The Morgan fingerprint density at radius 2 is 2.58 bits per heavy atom. The normalized spacial score (nSPS) is 18.7. The van der Waals surface area contributed by atoms with Gasteiger partial charge in [0, 0.05) is 12.7 Å². The Morgan fingerprint density at radius 1 is 1.75 bits per heavy atom. The van der Waals surface area contributed by atoms with E-state index in [4.69, 9.17) is 10.4 Å². The van der Waals surface area contributed by atoms with Crippen LogP contribution in [0, 0.1) is 5.69 Å². The first kappa shape index (κ1) is 7.92. The molecule has 0 amide bonds. The molecule has 1 aliphatic heterocycles. The molecule has 0 fully saturated rings. The topological polar surface area (TPSA) is 27.1 Å². The van der Waals surface area contributed by atoms with E-state index in [2.05, 4.69) is 9.55 Å². The number of rotatable bonds is 0. The number of thiol groups is 1. The molecular formula is C8H12N2OS. The highest BCUT2D eigenvalue weighted by Gasteiger charge is 2.11. The van der Waals surface area contributed by atoms with Crippen molar-refractivity contribution in [2.45, 2.75) is 18.2 Å². The predicted octanol–water partition coefficient (Wildman–Crippen LogP) is 0.992. The van der Waals surface area contributed by atoms with Crippen LogP contribution in [-0.4, -0.2) is 22.4 Å². The van der Waals surface area contributed by atoms with Crippen LogP contribution < -0.4 is 0 Å². The fourth-order valence-corrected chi connectivity index (χ4v) is 1.84. The van der Waals surface area contributed by atoms with E-state index < -0.39 is 10.3 Å². The third-order valence-corrected chi connectivity index (χ3v) is 2.85. The molecule has 4 heteroatoms. The first-order chi connectivity index (χ1) is 5.77. The highest BCUT2D eigenvalue weighted by atomic mass is 32.2. The summed E-state index contributed by atoms with van der Waals surface area (Å²) in [6, 6.07) is 0. The minimum atomic E-state index is -0.562. The smallest absolute Gasteiger partial charge is 0.136 e. The molecule has 2 heterocycles. The lowest BCUT2D eigenvalue weighted by Gasteiger charge is -2.13. The van der Waals surface area contributed by atoms with Gasteiger partial charge in [0.2, 0.25) is 0 Å². The molecule has 0 aromatic carbocycles. The number of hydrogen-bond donors (Lipinski definition) is 1. The Hall–Kier alpha value is -0.700. The molecular weight excluding hydrogens is 172 g/mol. The van der Waals surface area contributed by atoms with Gasteiger partial charge in [-0.3, -0.25) is 0 Å². The Kier molecular flexibility index (Phi) is 1.97. The van der Waals surface area contributed by atoms with Gasteiger partial charge in [-0.1, -0.05) is 0 Å². The maximum Gasteiger partial charge on any atom is 0.136 e. The Labute approximate surface area is 73.9 Å². The van der Waals surface area contributed by atoms with Crippen LogP contribution >= 0.6 is 10.3 Å². The van der Waals surface area contributed by atoms with Gasteiger partial charge in [-0.25, -0.2) is 4.98 Å². The zero-order chi connectivity index (χ0) is 8.55. The van der Waals surface area contributed by atoms with Gasteiger partial charge in [-0.05, 0) is 6.26 Å². The SMILES string of the molecule is C#[SH](C)c1cn2c(n1)COCC2. The van der Waals surface area contributed by atoms with Crippen LogP contribution in [0.4, 0.5) is 0 Å². The van der Waals surface area contributed by atoms with Crippen molar-refractivity contribution in [2.24, 2.45) is 0 Å². The van der Waals surface area contributed by atoms with Gasteiger partial charge in [0.05, 0.1) is 6.61 Å². The van der Waals surface area contributed by atoms with E-state index in [9.17, 15) is 0 Å². The van der Waals surface area contributed by atoms with E-state index in [0.717, 1.165) is 24.0 Å². The molecule has 0 saturated heterocycles. The summed E-state index contributed by atoms with van der Waals surface area (Å²) >= 11 is 0. The molecule has 0 saturated carbocycles. The summed E-state index contributed by atoms with van der Waals surface area (Å²) in [6.45, 7) is 2.32. The van der Waals surface area contributed by atoms with E-state index in [0.29, 0.717) is 6.61 Å². The van der Waals surface area contributed by atoms with Crippen LogP contribution in [0.25, 0.3) is 0 Å². The van der Waals surface area contributed by atoms with Gasteiger partial charge >= 0.3 is 0 Å². The largest absolute Gasteiger partial charge is 0.372 e. The maximum atomic E-state index is 5.77. The zero-order valence-corrected chi connectivity index (χ0v) is 7.92. The number of ether oxygens (including phenoxy) is 1.